The maximum atomic E-state index is 3.51. The summed E-state index contributed by atoms with van der Waals surface area (Å²) in [5.41, 5.74) is 0. The van der Waals surface area contributed by atoms with Crippen LogP contribution in [0.4, 0.5) is 0 Å². The summed E-state index contributed by atoms with van der Waals surface area (Å²) in [6, 6.07) is 0. The molecule has 1 unspecified atom stereocenters. The van der Waals surface area contributed by atoms with Crippen LogP contribution in [0.2, 0.25) is 0 Å². The van der Waals surface area contributed by atoms with Crippen LogP contribution in [0.25, 0.3) is 0 Å². The Morgan fingerprint density at radius 1 is 1.50 bits per heavy atom. The summed E-state index contributed by atoms with van der Waals surface area (Å²) in [7, 11) is 0. The number of hydrogen-bond donors (Lipinski definition) is 1. The van der Waals surface area contributed by atoms with Crippen LogP contribution in [0.3, 0.4) is 0 Å². The number of thioether (sulfide) groups is 2. The van der Waals surface area contributed by atoms with E-state index in [1.54, 1.807) is 0 Å². The molecule has 0 aromatic heterocycles. The number of rotatable bonds is 5. The average Bonchev–Trinajstić information content (AvgIpc) is 2.14. The molecule has 12 heavy (non-hydrogen) atoms. The predicted molar refractivity (Wildman–Crippen MR) is 61.3 cm³/mol. The van der Waals surface area contributed by atoms with Crippen molar-refractivity contribution in [3.05, 3.63) is 0 Å². The Hall–Kier alpha value is 0.660. The van der Waals surface area contributed by atoms with Gasteiger partial charge in [-0.2, -0.15) is 23.5 Å². The van der Waals surface area contributed by atoms with Gasteiger partial charge >= 0.3 is 0 Å². The van der Waals surface area contributed by atoms with E-state index in [0.29, 0.717) is 0 Å². The molecule has 1 nitrogen and oxygen atoms in total. The second-order valence-corrected chi connectivity index (χ2v) is 5.58. The summed E-state index contributed by atoms with van der Waals surface area (Å²) in [4.78, 5) is 0. The zero-order chi connectivity index (χ0) is 8.65. The maximum Gasteiger partial charge on any atom is 0.0172 e. The summed E-state index contributed by atoms with van der Waals surface area (Å²) < 4.78 is 0. The quantitative estimate of drug-likeness (QED) is 0.691. The summed E-state index contributed by atoms with van der Waals surface area (Å²) in [5.74, 6) is 2.63. The Balaban J connectivity index is 1.91. The van der Waals surface area contributed by atoms with E-state index in [0.717, 1.165) is 5.25 Å². The van der Waals surface area contributed by atoms with Crippen molar-refractivity contribution in [2.45, 2.75) is 24.5 Å². The fourth-order valence-electron chi connectivity index (χ4n) is 1.41. The Kier molecular flexibility index (Phi) is 6.35. The van der Waals surface area contributed by atoms with Crippen molar-refractivity contribution in [3.63, 3.8) is 0 Å². The molecule has 0 aromatic carbocycles. The van der Waals surface area contributed by atoms with Crippen molar-refractivity contribution >= 4 is 23.5 Å². The largest absolute Gasteiger partial charge is 0.315 e. The first-order valence-corrected chi connectivity index (χ1v) is 7.19. The Morgan fingerprint density at radius 3 is 3.08 bits per heavy atom. The van der Waals surface area contributed by atoms with E-state index in [4.69, 9.17) is 0 Å². The fourth-order valence-corrected chi connectivity index (χ4v) is 3.03. The average molecular weight is 205 g/mol. The molecule has 1 heterocycles. The first kappa shape index (κ1) is 10.7. The molecule has 1 rings (SSSR count). The van der Waals surface area contributed by atoms with Gasteiger partial charge in [-0.15, -0.1) is 0 Å². The standard InChI is InChI=1S/C9H19NS2/c1-11-7-5-10-8-9-4-2-3-6-12-9/h9-10H,2-8H2,1H3. The van der Waals surface area contributed by atoms with Gasteiger partial charge in [0.15, 0.2) is 0 Å². The van der Waals surface area contributed by atoms with Crippen LogP contribution in [0.1, 0.15) is 19.3 Å². The van der Waals surface area contributed by atoms with Crippen molar-refractivity contribution in [3.8, 4) is 0 Å². The van der Waals surface area contributed by atoms with E-state index >= 15 is 0 Å². The van der Waals surface area contributed by atoms with Crippen molar-refractivity contribution in [2.75, 3.05) is 30.9 Å². The first-order chi connectivity index (χ1) is 5.93. The van der Waals surface area contributed by atoms with Crippen LogP contribution in [-0.4, -0.2) is 36.1 Å². The maximum absolute atomic E-state index is 3.51. The van der Waals surface area contributed by atoms with Crippen LogP contribution in [0.5, 0.6) is 0 Å². The smallest absolute Gasteiger partial charge is 0.0172 e. The monoisotopic (exact) mass is 205 g/mol. The lowest BCUT2D eigenvalue weighted by molar-refractivity contribution is 0.611. The molecule has 1 aliphatic heterocycles. The van der Waals surface area contributed by atoms with Gasteiger partial charge in [0.25, 0.3) is 0 Å². The molecular weight excluding hydrogens is 186 g/mol. The second-order valence-electron chi connectivity index (χ2n) is 3.19. The molecule has 0 spiro atoms. The Labute approximate surface area is 84.4 Å². The molecule has 1 saturated heterocycles. The van der Waals surface area contributed by atoms with Crippen LogP contribution >= 0.6 is 23.5 Å². The lowest BCUT2D eigenvalue weighted by atomic mass is 10.2. The second kappa shape index (κ2) is 7.10. The third kappa shape index (κ3) is 4.63. The first-order valence-electron chi connectivity index (χ1n) is 4.74. The third-order valence-electron chi connectivity index (χ3n) is 2.13. The fraction of sp³-hybridized carbons (Fsp3) is 1.00. The van der Waals surface area contributed by atoms with Gasteiger partial charge in [-0.25, -0.2) is 0 Å². The molecule has 0 aromatic rings. The van der Waals surface area contributed by atoms with Gasteiger partial charge in [-0.1, -0.05) is 6.42 Å². The molecular formula is C9H19NS2. The molecule has 0 bridgehead atoms. The SMILES string of the molecule is CSCCNCC1CCCCS1. The molecule has 1 aliphatic rings. The molecule has 3 heteroatoms. The molecule has 0 saturated carbocycles. The summed E-state index contributed by atoms with van der Waals surface area (Å²) in [6.45, 7) is 2.41. The number of nitrogens with one attached hydrogen (secondary N) is 1. The number of hydrogen-bond acceptors (Lipinski definition) is 3. The minimum Gasteiger partial charge on any atom is -0.315 e. The molecule has 0 radical (unpaired) electrons. The lowest BCUT2D eigenvalue weighted by Crippen LogP contribution is -2.28. The highest BCUT2D eigenvalue weighted by Crippen LogP contribution is 2.24. The summed E-state index contributed by atoms with van der Waals surface area (Å²) in [5, 5.41) is 4.42. The summed E-state index contributed by atoms with van der Waals surface area (Å²) in [6.07, 6.45) is 6.47. The van der Waals surface area contributed by atoms with Crippen molar-refractivity contribution in [1.29, 1.82) is 0 Å². The molecule has 72 valence electrons. The van der Waals surface area contributed by atoms with Crippen molar-refractivity contribution in [1.82, 2.24) is 5.32 Å². The van der Waals surface area contributed by atoms with E-state index in [9.17, 15) is 0 Å². The topological polar surface area (TPSA) is 12.0 Å². The van der Waals surface area contributed by atoms with Gasteiger partial charge < -0.3 is 5.32 Å². The molecule has 1 fully saturated rings. The van der Waals surface area contributed by atoms with Crippen LogP contribution in [0.15, 0.2) is 0 Å². The van der Waals surface area contributed by atoms with Gasteiger partial charge in [0.05, 0.1) is 0 Å². The van der Waals surface area contributed by atoms with E-state index in [2.05, 4.69) is 23.3 Å². The third-order valence-corrected chi connectivity index (χ3v) is 4.14. The van der Waals surface area contributed by atoms with Gasteiger partial charge in [-0.3, -0.25) is 0 Å². The van der Waals surface area contributed by atoms with Crippen molar-refractivity contribution in [2.24, 2.45) is 0 Å². The minimum absolute atomic E-state index is 0.903. The zero-order valence-electron chi connectivity index (χ0n) is 7.84. The molecule has 1 atom stereocenters. The molecule has 0 aliphatic carbocycles. The van der Waals surface area contributed by atoms with E-state index in [1.807, 2.05) is 11.8 Å². The van der Waals surface area contributed by atoms with Gasteiger partial charge in [0.1, 0.15) is 0 Å². The Morgan fingerprint density at radius 2 is 2.42 bits per heavy atom. The normalized spacial score (nSPS) is 24.2. The molecule has 1 N–H and O–H groups in total. The summed E-state index contributed by atoms with van der Waals surface area (Å²) >= 11 is 4.07. The van der Waals surface area contributed by atoms with Gasteiger partial charge in [-0.05, 0) is 24.9 Å². The minimum atomic E-state index is 0.903. The molecule has 0 amide bonds. The van der Waals surface area contributed by atoms with Crippen LogP contribution in [0, 0.1) is 0 Å². The van der Waals surface area contributed by atoms with Gasteiger partial charge in [0, 0.05) is 24.1 Å². The zero-order valence-corrected chi connectivity index (χ0v) is 9.48. The van der Waals surface area contributed by atoms with Crippen LogP contribution in [-0.2, 0) is 0 Å². The lowest BCUT2D eigenvalue weighted by Gasteiger charge is -2.21. The predicted octanol–water partition coefficient (Wildman–Crippen LogP) is 2.22. The van der Waals surface area contributed by atoms with E-state index in [1.165, 1.54) is 43.9 Å². The van der Waals surface area contributed by atoms with Gasteiger partial charge in [0.2, 0.25) is 0 Å². The highest BCUT2D eigenvalue weighted by atomic mass is 32.2. The van der Waals surface area contributed by atoms with E-state index < -0.39 is 0 Å². The highest BCUT2D eigenvalue weighted by Gasteiger charge is 2.12. The highest BCUT2D eigenvalue weighted by molar-refractivity contribution is 8.00. The van der Waals surface area contributed by atoms with E-state index in [-0.39, 0.29) is 0 Å². The Bertz CT molecular complexity index is 103. The van der Waals surface area contributed by atoms with Crippen LogP contribution < -0.4 is 5.32 Å². The van der Waals surface area contributed by atoms with Crippen molar-refractivity contribution < 1.29 is 0 Å².